The van der Waals surface area contributed by atoms with Gasteiger partial charge in [0.1, 0.15) is 0 Å². The molecule has 4 aromatic rings. The molecule has 0 unspecified atom stereocenters. The summed E-state index contributed by atoms with van der Waals surface area (Å²) in [5, 5.41) is 7.35. The molecule has 0 spiro atoms. The minimum Gasteiger partial charge on any atom is -0.356 e. The van der Waals surface area contributed by atoms with Gasteiger partial charge in [0.05, 0.1) is 15.2 Å². The van der Waals surface area contributed by atoms with Gasteiger partial charge in [0.2, 0.25) is 5.91 Å². The predicted molar refractivity (Wildman–Crippen MR) is 110 cm³/mol. The van der Waals surface area contributed by atoms with Crippen molar-refractivity contribution in [2.75, 3.05) is 6.54 Å². The molecule has 0 saturated carbocycles. The topological polar surface area (TPSA) is 85.1 Å². The highest BCUT2D eigenvalue weighted by atomic mass is 32.1. The molecule has 0 atom stereocenters. The Labute approximate surface area is 179 Å². The molecule has 31 heavy (non-hydrogen) atoms. The molecule has 3 aromatic heterocycles. The van der Waals surface area contributed by atoms with Gasteiger partial charge in [0.25, 0.3) is 11.6 Å². The molecule has 0 fully saturated rings. The fourth-order valence-electron chi connectivity index (χ4n) is 3.35. The zero-order valence-electron chi connectivity index (χ0n) is 16.8. The summed E-state index contributed by atoms with van der Waals surface area (Å²) < 4.78 is 40.9. The van der Waals surface area contributed by atoms with Gasteiger partial charge in [-0.2, -0.15) is 18.2 Å². The molecular weight excluding hydrogens is 429 g/mol. The van der Waals surface area contributed by atoms with Crippen LogP contribution in [-0.4, -0.2) is 37.0 Å². The third-order valence-electron chi connectivity index (χ3n) is 4.90. The lowest BCUT2D eigenvalue weighted by Gasteiger charge is -2.10. The van der Waals surface area contributed by atoms with Gasteiger partial charge in [-0.15, -0.1) is 16.4 Å². The number of benzene rings is 1. The van der Waals surface area contributed by atoms with E-state index in [-0.39, 0.29) is 18.1 Å². The molecule has 0 aliphatic heterocycles. The van der Waals surface area contributed by atoms with Gasteiger partial charge in [0, 0.05) is 30.8 Å². The van der Waals surface area contributed by atoms with E-state index in [1.807, 2.05) is 24.3 Å². The van der Waals surface area contributed by atoms with Crippen LogP contribution in [0.25, 0.3) is 16.0 Å². The Morgan fingerprint density at radius 2 is 1.90 bits per heavy atom. The van der Waals surface area contributed by atoms with Crippen molar-refractivity contribution in [1.82, 2.24) is 29.9 Å². The van der Waals surface area contributed by atoms with Gasteiger partial charge >= 0.3 is 6.18 Å². The molecule has 0 aliphatic carbocycles. The fraction of sp³-hybridized carbons (Fsp3) is 0.350. The molecule has 0 bridgehead atoms. The van der Waals surface area contributed by atoms with Gasteiger partial charge in [-0.1, -0.05) is 12.1 Å². The van der Waals surface area contributed by atoms with Crippen LogP contribution in [0.2, 0.25) is 0 Å². The Bertz CT molecular complexity index is 1230. The number of hydrogen-bond acceptors (Lipinski definition) is 6. The second-order valence-corrected chi connectivity index (χ2v) is 8.20. The maximum absolute atomic E-state index is 12.9. The van der Waals surface area contributed by atoms with E-state index in [0.29, 0.717) is 36.3 Å². The first-order valence-corrected chi connectivity index (χ1v) is 10.4. The number of thiazole rings is 1. The maximum Gasteiger partial charge on any atom is 0.453 e. The lowest BCUT2D eigenvalue weighted by atomic mass is 10.1. The van der Waals surface area contributed by atoms with Crippen LogP contribution in [0.15, 0.2) is 24.3 Å². The van der Waals surface area contributed by atoms with Crippen molar-refractivity contribution in [3.63, 3.8) is 0 Å². The number of nitrogens with one attached hydrogen (secondary N) is 1. The van der Waals surface area contributed by atoms with Gasteiger partial charge in [0.15, 0.2) is 0 Å². The first-order chi connectivity index (χ1) is 14.7. The highest BCUT2D eigenvalue weighted by molar-refractivity contribution is 7.18. The van der Waals surface area contributed by atoms with Crippen LogP contribution in [-0.2, 0) is 23.8 Å². The second-order valence-electron chi connectivity index (χ2n) is 7.08. The summed E-state index contributed by atoms with van der Waals surface area (Å²) in [4.78, 5) is 24.4. The van der Waals surface area contributed by atoms with Gasteiger partial charge in [-0.3, -0.25) is 4.79 Å². The van der Waals surface area contributed by atoms with Crippen LogP contribution < -0.4 is 5.32 Å². The number of carbonyl (C=O) groups excluding carboxylic acids is 1. The van der Waals surface area contributed by atoms with Crippen molar-refractivity contribution < 1.29 is 18.0 Å². The monoisotopic (exact) mass is 448 g/mol. The number of halogens is 3. The highest BCUT2D eigenvalue weighted by Crippen LogP contribution is 2.27. The molecule has 0 saturated heterocycles. The van der Waals surface area contributed by atoms with E-state index < -0.39 is 12.0 Å². The highest BCUT2D eigenvalue weighted by Gasteiger charge is 2.36. The van der Waals surface area contributed by atoms with Crippen LogP contribution in [0.4, 0.5) is 13.2 Å². The Balaban J connectivity index is 1.37. The van der Waals surface area contributed by atoms with Crippen LogP contribution in [0.5, 0.6) is 0 Å². The molecular formula is C20H19F3N6OS. The van der Waals surface area contributed by atoms with Crippen molar-refractivity contribution in [2.45, 2.75) is 39.3 Å². The number of aromatic nitrogens is 5. The van der Waals surface area contributed by atoms with E-state index >= 15 is 0 Å². The molecule has 0 aliphatic rings. The Hall–Kier alpha value is -3.08. The molecule has 7 nitrogen and oxygen atoms in total. The van der Waals surface area contributed by atoms with Gasteiger partial charge < -0.3 is 5.32 Å². The van der Waals surface area contributed by atoms with Crippen LogP contribution in [0, 0.1) is 13.8 Å². The summed E-state index contributed by atoms with van der Waals surface area (Å²) in [6, 6.07) is 7.87. The summed E-state index contributed by atoms with van der Waals surface area (Å²) in [5.41, 5.74) is 2.66. The van der Waals surface area contributed by atoms with Crippen molar-refractivity contribution >= 4 is 33.2 Å². The third-order valence-corrected chi connectivity index (χ3v) is 6.00. The molecule has 1 amide bonds. The fourth-order valence-corrected chi connectivity index (χ4v) is 4.32. The van der Waals surface area contributed by atoms with Crippen LogP contribution in [0.3, 0.4) is 0 Å². The van der Waals surface area contributed by atoms with Gasteiger partial charge in [-0.05, 0) is 38.0 Å². The zero-order valence-corrected chi connectivity index (χ0v) is 17.6. The third kappa shape index (κ3) is 4.50. The molecule has 11 heteroatoms. The number of hydrogen-bond donors (Lipinski definition) is 1. The zero-order chi connectivity index (χ0) is 22.2. The number of amides is 1. The van der Waals surface area contributed by atoms with Gasteiger partial charge in [-0.25, -0.2) is 14.5 Å². The predicted octanol–water partition coefficient (Wildman–Crippen LogP) is 3.66. The average Bonchev–Trinajstić information content (AvgIpc) is 3.31. The number of aryl methyl sites for hydroxylation is 2. The maximum atomic E-state index is 12.9. The molecule has 4 rings (SSSR count). The Morgan fingerprint density at radius 1 is 1.13 bits per heavy atom. The first-order valence-electron chi connectivity index (χ1n) is 9.63. The summed E-state index contributed by atoms with van der Waals surface area (Å²) in [6.45, 7) is 3.80. The standard InChI is InChI=1S/C20H19F3N6OS/c1-11-13(12(2)29-19(25-11)27-18(28-29)20(21,22)23)7-8-16(30)24-10-9-17-26-14-5-3-4-6-15(14)31-17/h3-6H,7-10H2,1-2H3,(H,24,30). The molecule has 0 radical (unpaired) electrons. The number of carbonyl (C=O) groups is 1. The van der Waals surface area contributed by atoms with E-state index in [0.717, 1.165) is 19.7 Å². The molecule has 3 heterocycles. The van der Waals surface area contributed by atoms with Crippen LogP contribution >= 0.6 is 11.3 Å². The van der Waals surface area contributed by atoms with Crippen LogP contribution in [0.1, 0.15) is 34.2 Å². The number of nitrogens with zero attached hydrogens (tertiary/aromatic N) is 5. The number of para-hydroxylation sites is 1. The summed E-state index contributed by atoms with van der Waals surface area (Å²) in [6.07, 6.45) is -3.47. The van der Waals surface area contributed by atoms with Crippen molar-refractivity contribution in [3.05, 3.63) is 52.0 Å². The van der Waals surface area contributed by atoms with Crippen molar-refractivity contribution in [1.29, 1.82) is 0 Å². The van der Waals surface area contributed by atoms with E-state index in [1.165, 1.54) is 0 Å². The SMILES string of the molecule is Cc1nc2nc(C(F)(F)F)nn2c(C)c1CCC(=O)NCCc1nc2ccccc2s1. The van der Waals surface area contributed by atoms with Crippen molar-refractivity contribution in [3.8, 4) is 0 Å². The summed E-state index contributed by atoms with van der Waals surface area (Å²) in [7, 11) is 0. The lowest BCUT2D eigenvalue weighted by Crippen LogP contribution is -2.26. The number of alkyl halides is 3. The smallest absolute Gasteiger partial charge is 0.356 e. The Morgan fingerprint density at radius 3 is 2.65 bits per heavy atom. The lowest BCUT2D eigenvalue weighted by molar-refractivity contribution is -0.144. The van der Waals surface area contributed by atoms with E-state index in [2.05, 4.69) is 25.4 Å². The first kappa shape index (κ1) is 21.2. The normalized spacial score (nSPS) is 12.0. The second kappa shape index (κ2) is 8.22. The van der Waals surface area contributed by atoms with E-state index in [1.54, 1.807) is 25.2 Å². The van der Waals surface area contributed by atoms with E-state index in [4.69, 9.17) is 0 Å². The number of rotatable bonds is 6. The minimum absolute atomic E-state index is 0.105. The average molecular weight is 448 g/mol. The molecule has 1 aromatic carbocycles. The Kier molecular flexibility index (Phi) is 5.61. The quantitative estimate of drug-likeness (QED) is 0.487. The molecule has 1 N–H and O–H groups in total. The minimum atomic E-state index is -4.64. The summed E-state index contributed by atoms with van der Waals surface area (Å²) >= 11 is 1.60. The van der Waals surface area contributed by atoms with Crippen molar-refractivity contribution in [2.24, 2.45) is 0 Å². The van der Waals surface area contributed by atoms with E-state index in [9.17, 15) is 18.0 Å². The molecule has 162 valence electrons. The summed E-state index contributed by atoms with van der Waals surface area (Å²) in [5.74, 6) is -1.48. The largest absolute Gasteiger partial charge is 0.453 e. The number of fused-ring (bicyclic) bond motifs is 2.